The molecular weight excluding hydrogens is 509 g/mol. The van der Waals surface area contributed by atoms with Crippen LogP contribution in [-0.2, 0) is 9.47 Å². The summed E-state index contributed by atoms with van der Waals surface area (Å²) in [5, 5.41) is 3.47. The zero-order chi connectivity index (χ0) is 21.6. The van der Waals surface area contributed by atoms with Gasteiger partial charge in [-0.1, -0.05) is 0 Å². The van der Waals surface area contributed by atoms with Crippen molar-refractivity contribution in [3.8, 4) is 0 Å². The predicted molar refractivity (Wildman–Crippen MR) is 134 cm³/mol. The summed E-state index contributed by atoms with van der Waals surface area (Å²) in [5.41, 5.74) is -0.471. The number of ether oxygens (including phenoxy) is 2. The molecule has 0 radical (unpaired) electrons. The molecule has 0 spiro atoms. The summed E-state index contributed by atoms with van der Waals surface area (Å²) in [6.45, 7) is 15.9. The SMILES string of the molecule is CCNC(=NCC1CCCCN1C(=O)OC(C)(C)C)N1CCC(N2CCOCC2)C1.I. The molecule has 0 aliphatic carbocycles. The third kappa shape index (κ3) is 7.92. The molecule has 0 aromatic carbocycles. The molecule has 3 fully saturated rings. The van der Waals surface area contributed by atoms with Crippen molar-refractivity contribution in [2.75, 3.05) is 59.0 Å². The lowest BCUT2D eigenvalue weighted by atomic mass is 10.0. The smallest absolute Gasteiger partial charge is 0.410 e. The van der Waals surface area contributed by atoms with Crippen molar-refractivity contribution in [3.63, 3.8) is 0 Å². The molecule has 3 saturated heterocycles. The summed E-state index contributed by atoms with van der Waals surface area (Å²) < 4.78 is 11.1. The number of amides is 1. The maximum absolute atomic E-state index is 12.7. The van der Waals surface area contributed by atoms with Gasteiger partial charge < -0.3 is 24.6 Å². The zero-order valence-electron chi connectivity index (χ0n) is 19.8. The minimum Gasteiger partial charge on any atom is -0.444 e. The third-order valence-electron chi connectivity index (χ3n) is 6.07. The number of rotatable bonds is 4. The molecule has 0 saturated carbocycles. The molecule has 3 aliphatic heterocycles. The summed E-state index contributed by atoms with van der Waals surface area (Å²) in [6.07, 6.45) is 4.11. The Morgan fingerprint density at radius 3 is 2.55 bits per heavy atom. The molecule has 9 heteroatoms. The first-order valence-corrected chi connectivity index (χ1v) is 11.7. The Morgan fingerprint density at radius 2 is 1.87 bits per heavy atom. The van der Waals surface area contributed by atoms with Gasteiger partial charge in [-0.2, -0.15) is 0 Å². The van der Waals surface area contributed by atoms with Crippen LogP contribution in [0.25, 0.3) is 0 Å². The van der Waals surface area contributed by atoms with E-state index in [0.29, 0.717) is 12.6 Å². The van der Waals surface area contributed by atoms with Gasteiger partial charge in [0.1, 0.15) is 5.60 Å². The van der Waals surface area contributed by atoms with E-state index in [1.54, 1.807) is 0 Å². The number of nitrogens with one attached hydrogen (secondary N) is 1. The van der Waals surface area contributed by atoms with Crippen LogP contribution in [0.1, 0.15) is 53.4 Å². The largest absolute Gasteiger partial charge is 0.444 e. The van der Waals surface area contributed by atoms with Crippen molar-refractivity contribution in [2.24, 2.45) is 4.99 Å². The Labute approximate surface area is 205 Å². The molecule has 1 amide bonds. The lowest BCUT2D eigenvalue weighted by molar-refractivity contribution is 0.0109. The van der Waals surface area contributed by atoms with Crippen LogP contribution in [0, 0.1) is 0 Å². The van der Waals surface area contributed by atoms with Crippen LogP contribution in [-0.4, -0.2) is 103 Å². The molecule has 3 heterocycles. The van der Waals surface area contributed by atoms with Crippen LogP contribution in [0.3, 0.4) is 0 Å². The topological polar surface area (TPSA) is 69.6 Å². The van der Waals surface area contributed by atoms with E-state index in [2.05, 4.69) is 22.0 Å². The summed E-state index contributed by atoms with van der Waals surface area (Å²) in [4.78, 5) is 24.5. The lowest BCUT2D eigenvalue weighted by Crippen LogP contribution is -2.49. The number of hydrogen-bond acceptors (Lipinski definition) is 5. The van der Waals surface area contributed by atoms with Gasteiger partial charge >= 0.3 is 6.09 Å². The highest BCUT2D eigenvalue weighted by atomic mass is 127. The van der Waals surface area contributed by atoms with Gasteiger partial charge in [-0.15, -0.1) is 24.0 Å². The van der Waals surface area contributed by atoms with Gasteiger partial charge in [0, 0.05) is 45.3 Å². The van der Waals surface area contributed by atoms with E-state index < -0.39 is 5.60 Å². The van der Waals surface area contributed by atoms with E-state index in [4.69, 9.17) is 14.5 Å². The zero-order valence-corrected chi connectivity index (χ0v) is 22.1. The number of halogens is 1. The van der Waals surface area contributed by atoms with Crippen LogP contribution in [0.2, 0.25) is 0 Å². The highest BCUT2D eigenvalue weighted by molar-refractivity contribution is 14.0. The van der Waals surface area contributed by atoms with Gasteiger partial charge in [0.05, 0.1) is 25.8 Å². The Morgan fingerprint density at radius 1 is 1.13 bits per heavy atom. The Bertz CT molecular complexity index is 592. The standard InChI is InChI=1S/C22H41N5O3.HI/c1-5-23-20(26-11-9-19(17-26)25-12-14-29-15-13-25)24-16-18-8-6-7-10-27(18)21(28)30-22(2,3)4;/h18-19H,5-17H2,1-4H3,(H,23,24);1H. The Kier molecular flexibility index (Phi) is 10.6. The average molecular weight is 552 g/mol. The monoisotopic (exact) mass is 551 g/mol. The molecule has 1 N–H and O–H groups in total. The Balaban J connectivity index is 0.00000341. The second-order valence-corrected chi connectivity index (χ2v) is 9.55. The molecule has 180 valence electrons. The van der Waals surface area contributed by atoms with Gasteiger partial charge in [-0.25, -0.2) is 4.79 Å². The van der Waals surface area contributed by atoms with Crippen molar-refractivity contribution in [1.29, 1.82) is 0 Å². The number of morpholine rings is 1. The quantitative estimate of drug-likeness (QED) is 0.330. The minimum atomic E-state index is -0.471. The minimum absolute atomic E-state index is 0. The van der Waals surface area contributed by atoms with E-state index in [0.717, 1.165) is 84.1 Å². The number of carbonyl (C=O) groups excluding carboxylic acids is 1. The number of aliphatic imine (C=N–C) groups is 1. The second-order valence-electron chi connectivity index (χ2n) is 9.55. The van der Waals surface area contributed by atoms with Crippen LogP contribution in [0.15, 0.2) is 4.99 Å². The number of guanidine groups is 1. The van der Waals surface area contributed by atoms with Crippen LogP contribution < -0.4 is 5.32 Å². The molecule has 0 aromatic rings. The number of hydrogen-bond donors (Lipinski definition) is 1. The fraction of sp³-hybridized carbons (Fsp3) is 0.909. The first-order valence-electron chi connectivity index (χ1n) is 11.7. The van der Waals surface area contributed by atoms with Gasteiger partial charge in [0.15, 0.2) is 5.96 Å². The molecule has 2 atom stereocenters. The molecular formula is C22H42IN5O3. The van der Waals surface area contributed by atoms with Crippen LogP contribution in [0.4, 0.5) is 4.79 Å². The van der Waals surface area contributed by atoms with E-state index in [1.165, 1.54) is 0 Å². The van der Waals surface area contributed by atoms with Crippen molar-refractivity contribution >= 4 is 36.0 Å². The Hall–Kier alpha value is -0.810. The molecule has 8 nitrogen and oxygen atoms in total. The number of nitrogens with zero attached hydrogens (tertiary/aromatic N) is 4. The van der Waals surface area contributed by atoms with E-state index in [-0.39, 0.29) is 36.1 Å². The molecule has 2 unspecified atom stereocenters. The molecule has 3 rings (SSSR count). The van der Waals surface area contributed by atoms with Gasteiger partial charge in [-0.3, -0.25) is 9.89 Å². The van der Waals surface area contributed by atoms with Crippen molar-refractivity contribution in [2.45, 2.75) is 71.1 Å². The van der Waals surface area contributed by atoms with E-state index in [9.17, 15) is 4.79 Å². The first-order chi connectivity index (χ1) is 14.4. The van der Waals surface area contributed by atoms with Gasteiger partial charge in [-0.05, 0) is 53.4 Å². The highest BCUT2D eigenvalue weighted by Gasteiger charge is 2.32. The van der Waals surface area contributed by atoms with Crippen molar-refractivity contribution in [3.05, 3.63) is 0 Å². The first kappa shape index (κ1) is 26.4. The van der Waals surface area contributed by atoms with E-state index >= 15 is 0 Å². The maximum Gasteiger partial charge on any atom is 0.410 e. The van der Waals surface area contributed by atoms with Crippen LogP contribution in [0.5, 0.6) is 0 Å². The number of carbonyl (C=O) groups is 1. The van der Waals surface area contributed by atoms with E-state index in [1.807, 2.05) is 25.7 Å². The second kappa shape index (κ2) is 12.4. The summed E-state index contributed by atoms with van der Waals surface area (Å²) >= 11 is 0. The fourth-order valence-electron chi connectivity index (χ4n) is 4.54. The van der Waals surface area contributed by atoms with Crippen molar-refractivity contribution in [1.82, 2.24) is 20.0 Å². The summed E-state index contributed by atoms with van der Waals surface area (Å²) in [6, 6.07) is 0.686. The highest BCUT2D eigenvalue weighted by Crippen LogP contribution is 2.21. The molecule has 3 aliphatic rings. The normalized spacial score (nSPS) is 25.9. The average Bonchev–Trinajstić information content (AvgIpc) is 3.21. The van der Waals surface area contributed by atoms with Gasteiger partial charge in [0.25, 0.3) is 0 Å². The molecule has 0 aromatic heterocycles. The predicted octanol–water partition coefficient (Wildman–Crippen LogP) is 2.77. The fourth-order valence-corrected chi connectivity index (χ4v) is 4.54. The van der Waals surface area contributed by atoms with Crippen LogP contribution >= 0.6 is 24.0 Å². The summed E-state index contributed by atoms with van der Waals surface area (Å²) in [5.74, 6) is 0.975. The molecule has 0 bridgehead atoms. The molecule has 31 heavy (non-hydrogen) atoms. The number of likely N-dealkylation sites (tertiary alicyclic amines) is 2. The third-order valence-corrected chi connectivity index (χ3v) is 6.07. The summed E-state index contributed by atoms with van der Waals surface area (Å²) in [7, 11) is 0. The van der Waals surface area contributed by atoms with Crippen molar-refractivity contribution < 1.29 is 14.3 Å². The number of piperidine rings is 1. The van der Waals surface area contributed by atoms with Gasteiger partial charge in [0.2, 0.25) is 0 Å². The lowest BCUT2D eigenvalue weighted by Gasteiger charge is -2.36. The maximum atomic E-state index is 12.7.